The van der Waals surface area contributed by atoms with Crippen LogP contribution in [0.2, 0.25) is 0 Å². The number of nitrogens with zero attached hydrogens (tertiary/aromatic N) is 1. The number of nitrogens with two attached hydrogens (primary N) is 1. The Kier molecular flexibility index (Phi) is 4.79. The fraction of sp³-hybridized carbons (Fsp3) is 0.773. The van der Waals surface area contributed by atoms with Crippen molar-refractivity contribution in [2.45, 2.75) is 78.2 Å². The molecule has 0 bridgehead atoms. The van der Waals surface area contributed by atoms with Gasteiger partial charge in [0.1, 0.15) is 6.10 Å². The smallest absolute Gasteiger partial charge is 0.332 e. The van der Waals surface area contributed by atoms with Crippen molar-refractivity contribution in [1.29, 1.82) is 0 Å². The van der Waals surface area contributed by atoms with Crippen molar-refractivity contribution in [2.24, 2.45) is 39.4 Å². The second-order valence-electron chi connectivity index (χ2n) is 9.76. The van der Waals surface area contributed by atoms with Gasteiger partial charge < -0.3 is 10.5 Å². The van der Waals surface area contributed by atoms with Crippen LogP contribution in [0.1, 0.15) is 72.1 Å². The summed E-state index contributed by atoms with van der Waals surface area (Å²) in [5.41, 5.74) is 10.6. The first-order chi connectivity index (χ1) is 13.2. The Labute approximate surface area is 167 Å². The van der Waals surface area contributed by atoms with E-state index in [1.807, 2.05) is 0 Å². The van der Waals surface area contributed by atoms with E-state index in [1.54, 1.807) is 0 Å². The molecule has 0 saturated heterocycles. The molecule has 0 aliphatic heterocycles. The summed E-state index contributed by atoms with van der Waals surface area (Å²) in [6.45, 7) is 6.29. The summed E-state index contributed by atoms with van der Waals surface area (Å²) >= 11 is 0. The van der Waals surface area contributed by atoms with Crippen LogP contribution in [-0.2, 0) is 9.53 Å². The van der Waals surface area contributed by atoms with Crippen LogP contribution in [0.25, 0.3) is 0 Å². The molecule has 2 amide bonds. The van der Waals surface area contributed by atoms with E-state index in [0.717, 1.165) is 50.7 Å². The van der Waals surface area contributed by atoms with Gasteiger partial charge in [0.05, 0.1) is 0 Å². The maximum atomic E-state index is 11.4. The first kappa shape index (κ1) is 19.5. The summed E-state index contributed by atoms with van der Waals surface area (Å²) in [5, 5.41) is 4.38. The number of hydrazone groups is 1. The van der Waals surface area contributed by atoms with Gasteiger partial charge in [-0.15, -0.1) is 0 Å². The molecule has 0 aromatic heterocycles. The Hall–Kier alpha value is -1.85. The molecule has 3 N–H and O–H groups in total. The predicted octanol–water partition coefficient (Wildman–Crippen LogP) is 3.91. The highest BCUT2D eigenvalue weighted by molar-refractivity contribution is 5.93. The molecule has 4 aliphatic carbocycles. The number of urea groups is 1. The zero-order valence-corrected chi connectivity index (χ0v) is 17.3. The average molecular weight is 388 g/mol. The number of esters is 1. The minimum atomic E-state index is -0.587. The Morgan fingerprint density at radius 2 is 1.89 bits per heavy atom. The van der Waals surface area contributed by atoms with Crippen molar-refractivity contribution in [3.8, 4) is 0 Å². The third-order valence-corrected chi connectivity index (χ3v) is 8.43. The third kappa shape index (κ3) is 3.05. The zero-order valence-electron chi connectivity index (χ0n) is 17.3. The lowest BCUT2D eigenvalue weighted by atomic mass is 9.48. The molecule has 4 rings (SSSR count). The van der Waals surface area contributed by atoms with Crippen LogP contribution < -0.4 is 11.2 Å². The second-order valence-corrected chi connectivity index (χ2v) is 9.76. The summed E-state index contributed by atoms with van der Waals surface area (Å²) in [7, 11) is 0. The molecule has 3 saturated carbocycles. The highest BCUT2D eigenvalue weighted by atomic mass is 16.5. The molecule has 28 heavy (non-hydrogen) atoms. The number of rotatable bonds is 2. The molecule has 0 radical (unpaired) electrons. The number of carbonyl (C=O) groups excluding carboxylic acids is 2. The third-order valence-electron chi connectivity index (χ3n) is 8.43. The summed E-state index contributed by atoms with van der Waals surface area (Å²) < 4.78 is 5.53. The molecule has 154 valence electrons. The van der Waals surface area contributed by atoms with E-state index in [0.29, 0.717) is 17.8 Å². The Bertz CT molecular complexity index is 745. The normalized spacial score (nSPS) is 43.4. The number of carbonyl (C=O) groups is 2. The van der Waals surface area contributed by atoms with Crippen LogP contribution in [0.4, 0.5) is 4.79 Å². The molecule has 0 aromatic rings. The van der Waals surface area contributed by atoms with Gasteiger partial charge >= 0.3 is 12.0 Å². The lowest BCUT2D eigenvalue weighted by molar-refractivity contribution is -0.148. The minimum Gasteiger partial charge on any atom is -0.462 e. The quantitative estimate of drug-likeness (QED) is 0.427. The van der Waals surface area contributed by atoms with E-state index in [-0.39, 0.29) is 22.9 Å². The summed E-state index contributed by atoms with van der Waals surface area (Å²) in [5.74, 6) is 1.80. The van der Waals surface area contributed by atoms with E-state index in [1.165, 1.54) is 18.9 Å². The number of ether oxygens (including phenoxy) is 1. The van der Waals surface area contributed by atoms with Gasteiger partial charge in [0.2, 0.25) is 0 Å². The topological polar surface area (TPSA) is 93.8 Å². The zero-order chi connectivity index (χ0) is 20.1. The van der Waals surface area contributed by atoms with Gasteiger partial charge in [0.15, 0.2) is 0 Å². The number of hydrogen-bond acceptors (Lipinski definition) is 4. The molecule has 3 fully saturated rings. The lowest BCUT2D eigenvalue weighted by Gasteiger charge is -2.57. The largest absolute Gasteiger partial charge is 0.462 e. The number of hydrogen-bond donors (Lipinski definition) is 2. The highest BCUT2D eigenvalue weighted by Gasteiger charge is 2.58. The van der Waals surface area contributed by atoms with Gasteiger partial charge in [-0.25, -0.2) is 10.2 Å². The summed E-state index contributed by atoms with van der Waals surface area (Å²) in [6, 6.07) is -0.587. The van der Waals surface area contributed by atoms with Gasteiger partial charge in [-0.3, -0.25) is 4.79 Å². The molecule has 6 heteroatoms. The van der Waals surface area contributed by atoms with Crippen LogP contribution >= 0.6 is 0 Å². The molecule has 6 atom stereocenters. The number of amides is 2. The fourth-order valence-electron chi connectivity index (χ4n) is 7.06. The minimum absolute atomic E-state index is 0.0484. The Balaban J connectivity index is 1.56. The van der Waals surface area contributed by atoms with E-state index in [2.05, 4.69) is 30.5 Å². The second kappa shape index (κ2) is 6.89. The number of nitrogens with one attached hydrogen (secondary N) is 1. The maximum Gasteiger partial charge on any atom is 0.332 e. The maximum absolute atomic E-state index is 11.4. The van der Waals surface area contributed by atoms with Crippen molar-refractivity contribution < 1.29 is 14.3 Å². The monoisotopic (exact) mass is 387 g/mol. The molecular weight excluding hydrogens is 354 g/mol. The molecule has 4 unspecified atom stereocenters. The van der Waals surface area contributed by atoms with E-state index >= 15 is 0 Å². The van der Waals surface area contributed by atoms with Gasteiger partial charge in [0.25, 0.3) is 0 Å². The molecule has 0 aromatic carbocycles. The number of primary amides is 1. The molecule has 6 nitrogen and oxygen atoms in total. The van der Waals surface area contributed by atoms with Gasteiger partial charge in [-0.05, 0) is 68.1 Å². The Morgan fingerprint density at radius 3 is 2.61 bits per heavy atom. The first-order valence-corrected chi connectivity index (χ1v) is 10.7. The summed E-state index contributed by atoms with van der Waals surface area (Å²) in [6.07, 6.45) is 11.0. The standard InChI is InChI=1S/C22H33N3O3/c1-13(26)28-15-8-10-21(2)14(12-15)4-5-16-17-6-7-19(24-25-20(23)27)22(17,3)11-9-18(16)21/h4,15-18H,5-12H2,1-3H3,(H3,23,25,27)/b24-19+/t15?,16?,17?,18?,21-,22-/m0/s1. The van der Waals surface area contributed by atoms with Crippen LogP contribution in [0.3, 0.4) is 0 Å². The summed E-state index contributed by atoms with van der Waals surface area (Å²) in [4.78, 5) is 22.5. The van der Waals surface area contributed by atoms with Crippen LogP contribution in [0.15, 0.2) is 16.8 Å². The van der Waals surface area contributed by atoms with Gasteiger partial charge in [-0.1, -0.05) is 25.5 Å². The highest BCUT2D eigenvalue weighted by Crippen LogP contribution is 2.64. The molecule has 4 aliphatic rings. The number of fused-ring (bicyclic) bond motifs is 5. The predicted molar refractivity (Wildman–Crippen MR) is 107 cm³/mol. The lowest BCUT2D eigenvalue weighted by Crippen LogP contribution is -2.50. The van der Waals surface area contributed by atoms with E-state index in [4.69, 9.17) is 10.5 Å². The van der Waals surface area contributed by atoms with Crippen LogP contribution in [-0.4, -0.2) is 23.8 Å². The van der Waals surface area contributed by atoms with Crippen molar-refractivity contribution >= 4 is 17.7 Å². The fourth-order valence-corrected chi connectivity index (χ4v) is 7.06. The molecular formula is C22H33N3O3. The van der Waals surface area contributed by atoms with E-state index in [9.17, 15) is 9.59 Å². The van der Waals surface area contributed by atoms with Crippen molar-refractivity contribution in [3.63, 3.8) is 0 Å². The van der Waals surface area contributed by atoms with Crippen molar-refractivity contribution in [1.82, 2.24) is 5.43 Å². The number of allylic oxidation sites excluding steroid dienone is 1. The average Bonchev–Trinajstić information content (AvgIpc) is 2.96. The van der Waals surface area contributed by atoms with Crippen LogP contribution in [0.5, 0.6) is 0 Å². The van der Waals surface area contributed by atoms with Crippen molar-refractivity contribution in [2.75, 3.05) is 0 Å². The SMILES string of the molecule is CC(=O)OC1CC[C@@]2(C)C(=CCC3C2CC[C@]2(C)/C(=N/NC(N)=O)CCC32)C1. The first-order valence-electron chi connectivity index (χ1n) is 10.7. The van der Waals surface area contributed by atoms with Crippen LogP contribution in [0, 0.1) is 28.6 Å². The van der Waals surface area contributed by atoms with Crippen molar-refractivity contribution in [3.05, 3.63) is 11.6 Å². The molecule has 0 spiro atoms. The Morgan fingerprint density at radius 1 is 1.18 bits per heavy atom. The van der Waals surface area contributed by atoms with E-state index < -0.39 is 6.03 Å². The van der Waals surface area contributed by atoms with Gasteiger partial charge in [-0.2, -0.15) is 5.10 Å². The molecule has 0 heterocycles. The van der Waals surface area contributed by atoms with Gasteiger partial charge in [0, 0.05) is 24.5 Å².